The Morgan fingerprint density at radius 1 is 1.29 bits per heavy atom. The van der Waals surface area contributed by atoms with Crippen LogP contribution >= 0.6 is 0 Å². The molecule has 2 aromatic rings. The van der Waals surface area contributed by atoms with Crippen molar-refractivity contribution in [3.05, 3.63) is 57.4 Å². The summed E-state index contributed by atoms with van der Waals surface area (Å²) in [4.78, 5) is 22.4. The number of amides is 1. The lowest BCUT2D eigenvalue weighted by Gasteiger charge is -2.06. The van der Waals surface area contributed by atoms with Gasteiger partial charge < -0.3 is 5.32 Å². The summed E-state index contributed by atoms with van der Waals surface area (Å²) in [6, 6.07) is 9.98. The van der Waals surface area contributed by atoms with Gasteiger partial charge in [0.25, 0.3) is 0 Å². The van der Waals surface area contributed by atoms with E-state index in [1.54, 1.807) is 18.5 Å². The van der Waals surface area contributed by atoms with Crippen molar-refractivity contribution < 1.29 is 9.72 Å². The minimum atomic E-state index is -0.412. The molecule has 0 aliphatic carbocycles. The number of nitro groups is 1. The highest BCUT2D eigenvalue weighted by Gasteiger charge is 2.21. The van der Waals surface area contributed by atoms with Gasteiger partial charge >= 0.3 is 5.69 Å². The van der Waals surface area contributed by atoms with Gasteiger partial charge in [0.05, 0.1) is 4.92 Å². The third-order valence-electron chi connectivity index (χ3n) is 3.88. The van der Waals surface area contributed by atoms with Crippen molar-refractivity contribution in [2.24, 2.45) is 0 Å². The van der Waals surface area contributed by atoms with Crippen molar-refractivity contribution in [3.63, 3.8) is 0 Å². The molecule has 0 aliphatic rings. The summed E-state index contributed by atoms with van der Waals surface area (Å²) >= 11 is 0. The van der Waals surface area contributed by atoms with Crippen molar-refractivity contribution in [1.82, 2.24) is 15.1 Å². The third kappa shape index (κ3) is 4.65. The standard InChI is InChI=1S/C17H22N4O3/c1-13-17(21(23)24)14(2)20(19-13)12-6-9-16(22)18-11-10-15-7-4-3-5-8-15/h3-5,7-8H,6,9-12H2,1-2H3,(H,18,22). The molecule has 0 fully saturated rings. The van der Waals surface area contributed by atoms with Crippen molar-refractivity contribution in [3.8, 4) is 0 Å². The van der Waals surface area contributed by atoms with E-state index in [1.165, 1.54) is 5.56 Å². The molecule has 128 valence electrons. The molecule has 0 spiro atoms. The van der Waals surface area contributed by atoms with Crippen LogP contribution in [0.2, 0.25) is 0 Å². The Hall–Kier alpha value is -2.70. The van der Waals surface area contributed by atoms with E-state index in [4.69, 9.17) is 0 Å². The van der Waals surface area contributed by atoms with Gasteiger partial charge in [-0.15, -0.1) is 0 Å². The summed E-state index contributed by atoms with van der Waals surface area (Å²) in [5.41, 5.74) is 2.18. The first-order valence-corrected chi connectivity index (χ1v) is 7.98. The molecule has 0 atom stereocenters. The number of benzene rings is 1. The maximum Gasteiger partial charge on any atom is 0.312 e. The zero-order valence-corrected chi connectivity index (χ0v) is 14.0. The molecule has 1 aromatic heterocycles. The molecule has 1 amide bonds. The lowest BCUT2D eigenvalue weighted by molar-refractivity contribution is -0.386. The summed E-state index contributed by atoms with van der Waals surface area (Å²) in [6.45, 7) is 4.40. The van der Waals surface area contributed by atoms with Gasteiger partial charge in [0.2, 0.25) is 5.91 Å². The molecular weight excluding hydrogens is 308 g/mol. The smallest absolute Gasteiger partial charge is 0.312 e. The third-order valence-corrected chi connectivity index (χ3v) is 3.88. The second-order valence-electron chi connectivity index (χ2n) is 5.69. The van der Waals surface area contributed by atoms with Crippen molar-refractivity contribution in [1.29, 1.82) is 0 Å². The number of hydrogen-bond acceptors (Lipinski definition) is 4. The highest BCUT2D eigenvalue weighted by molar-refractivity contribution is 5.75. The minimum Gasteiger partial charge on any atom is -0.356 e. The Bertz CT molecular complexity index is 710. The predicted molar refractivity (Wildman–Crippen MR) is 90.7 cm³/mol. The van der Waals surface area contributed by atoms with Gasteiger partial charge in [0.15, 0.2) is 0 Å². The van der Waals surface area contributed by atoms with Crippen molar-refractivity contribution >= 4 is 11.6 Å². The average molecular weight is 330 g/mol. The van der Waals surface area contributed by atoms with Crippen LogP contribution in [0.25, 0.3) is 0 Å². The number of carbonyl (C=O) groups is 1. The zero-order valence-electron chi connectivity index (χ0n) is 14.0. The molecule has 0 aliphatic heterocycles. The van der Waals surface area contributed by atoms with Crippen LogP contribution in [0.1, 0.15) is 29.8 Å². The van der Waals surface area contributed by atoms with Gasteiger partial charge in [-0.3, -0.25) is 19.6 Å². The summed E-state index contributed by atoms with van der Waals surface area (Å²) in [6.07, 6.45) is 1.77. The maximum atomic E-state index is 11.8. The molecule has 2 rings (SSSR count). The molecule has 0 bridgehead atoms. The van der Waals surface area contributed by atoms with E-state index in [1.807, 2.05) is 30.3 Å². The molecule has 0 saturated heterocycles. The van der Waals surface area contributed by atoms with E-state index < -0.39 is 4.92 Å². The van der Waals surface area contributed by atoms with Gasteiger partial charge in [-0.1, -0.05) is 30.3 Å². The highest BCUT2D eigenvalue weighted by atomic mass is 16.6. The number of nitrogens with one attached hydrogen (secondary N) is 1. The summed E-state index contributed by atoms with van der Waals surface area (Å²) < 4.78 is 1.60. The van der Waals surface area contributed by atoms with Crippen LogP contribution in [0.5, 0.6) is 0 Å². The van der Waals surface area contributed by atoms with Crippen LogP contribution < -0.4 is 5.32 Å². The van der Waals surface area contributed by atoms with Crippen LogP contribution in [0, 0.1) is 24.0 Å². The van der Waals surface area contributed by atoms with Gasteiger partial charge in [-0.05, 0) is 32.3 Å². The topological polar surface area (TPSA) is 90.1 Å². The Morgan fingerprint density at radius 3 is 2.62 bits per heavy atom. The summed E-state index contributed by atoms with van der Waals surface area (Å²) in [5.74, 6) is -0.0121. The zero-order chi connectivity index (χ0) is 17.5. The van der Waals surface area contributed by atoms with E-state index in [2.05, 4.69) is 10.4 Å². The fourth-order valence-electron chi connectivity index (χ4n) is 2.64. The fourth-order valence-corrected chi connectivity index (χ4v) is 2.64. The minimum absolute atomic E-state index is 0.0121. The second-order valence-corrected chi connectivity index (χ2v) is 5.69. The lowest BCUT2D eigenvalue weighted by atomic mass is 10.1. The van der Waals surface area contributed by atoms with Crippen LogP contribution in [-0.4, -0.2) is 27.2 Å². The van der Waals surface area contributed by atoms with E-state index in [9.17, 15) is 14.9 Å². The van der Waals surface area contributed by atoms with Gasteiger partial charge in [0, 0.05) is 19.5 Å². The normalized spacial score (nSPS) is 10.6. The molecule has 24 heavy (non-hydrogen) atoms. The Balaban J connectivity index is 1.73. The number of carbonyl (C=O) groups excluding carboxylic acids is 1. The first kappa shape index (κ1) is 17.7. The van der Waals surface area contributed by atoms with Crippen molar-refractivity contribution in [2.45, 2.75) is 39.7 Å². The molecule has 0 radical (unpaired) electrons. The molecule has 1 heterocycles. The van der Waals surface area contributed by atoms with E-state index in [-0.39, 0.29) is 11.6 Å². The quantitative estimate of drug-likeness (QED) is 0.595. The first-order valence-electron chi connectivity index (χ1n) is 7.98. The number of hydrogen-bond donors (Lipinski definition) is 1. The number of aryl methyl sites for hydroxylation is 2. The van der Waals surface area contributed by atoms with Crippen molar-refractivity contribution in [2.75, 3.05) is 6.54 Å². The van der Waals surface area contributed by atoms with Gasteiger partial charge in [-0.2, -0.15) is 5.10 Å². The highest BCUT2D eigenvalue weighted by Crippen LogP contribution is 2.21. The second kappa shape index (κ2) is 8.24. The average Bonchev–Trinajstić information content (AvgIpc) is 2.82. The van der Waals surface area contributed by atoms with E-state index in [0.717, 1.165) is 6.42 Å². The Morgan fingerprint density at radius 2 is 2.00 bits per heavy atom. The Kier molecular flexibility index (Phi) is 6.06. The molecule has 1 N–H and O–H groups in total. The Labute approximate surface area is 140 Å². The van der Waals surface area contributed by atoms with Gasteiger partial charge in [0.1, 0.15) is 11.4 Å². The van der Waals surface area contributed by atoms with Crippen LogP contribution in [0.3, 0.4) is 0 Å². The number of aromatic nitrogens is 2. The first-order chi connectivity index (χ1) is 11.5. The van der Waals surface area contributed by atoms with Crippen LogP contribution in [0.15, 0.2) is 30.3 Å². The van der Waals surface area contributed by atoms with E-state index in [0.29, 0.717) is 37.3 Å². The lowest BCUT2D eigenvalue weighted by Crippen LogP contribution is -2.25. The predicted octanol–water partition coefficient (Wildman–Crippen LogP) is 2.55. The van der Waals surface area contributed by atoms with Crippen LogP contribution in [-0.2, 0) is 17.8 Å². The van der Waals surface area contributed by atoms with E-state index >= 15 is 0 Å². The molecular formula is C17H22N4O3. The number of nitrogens with zero attached hydrogens (tertiary/aromatic N) is 3. The maximum absolute atomic E-state index is 11.8. The summed E-state index contributed by atoms with van der Waals surface area (Å²) in [5, 5.41) is 18.0. The monoisotopic (exact) mass is 330 g/mol. The van der Waals surface area contributed by atoms with Gasteiger partial charge in [-0.25, -0.2) is 0 Å². The molecule has 1 aromatic carbocycles. The molecule has 0 saturated carbocycles. The number of rotatable bonds is 8. The SMILES string of the molecule is Cc1nn(CCCC(=O)NCCc2ccccc2)c(C)c1[N+](=O)[O-]. The summed E-state index contributed by atoms with van der Waals surface area (Å²) in [7, 11) is 0. The fraction of sp³-hybridized carbons (Fsp3) is 0.412. The largest absolute Gasteiger partial charge is 0.356 e. The van der Waals surface area contributed by atoms with Crippen LogP contribution in [0.4, 0.5) is 5.69 Å². The molecule has 0 unspecified atom stereocenters. The molecule has 7 nitrogen and oxygen atoms in total. The molecule has 7 heteroatoms.